The van der Waals surface area contributed by atoms with E-state index in [0.29, 0.717) is 23.4 Å². The average Bonchev–Trinajstić information content (AvgIpc) is 3.14. The Labute approximate surface area is 183 Å². The second-order valence-electron chi connectivity index (χ2n) is 5.74. The van der Waals surface area contributed by atoms with Gasteiger partial charge in [-0.2, -0.15) is 0 Å². The maximum Gasteiger partial charge on any atom is 0.466 e. The van der Waals surface area contributed by atoms with Gasteiger partial charge in [0.05, 0.1) is 19.0 Å². The van der Waals surface area contributed by atoms with E-state index in [4.69, 9.17) is 73.3 Å². The lowest BCUT2D eigenvalue weighted by molar-refractivity contribution is -0.0432. The molecule has 0 unspecified atom stereocenters. The van der Waals surface area contributed by atoms with Crippen LogP contribution in [0.4, 0.5) is 5.82 Å². The Bertz CT molecular complexity index is 945. The lowest BCUT2D eigenvalue weighted by Crippen LogP contribution is -2.24. The molecule has 192 valence electrons. The number of aromatic nitrogens is 4. The predicted molar refractivity (Wildman–Crippen MR) is 104 cm³/mol. The van der Waals surface area contributed by atoms with E-state index < -0.39 is 41.9 Å². The SMILES string of the molecule is Nc1ncnc2c1ncn2[C@H]1C[C@H](O)[C@@H](CO)O1.O=P(O)(O)O.O=P(O)(O)O.O=P(O)(O)O. The van der Waals surface area contributed by atoms with Crippen LogP contribution in [0.3, 0.4) is 0 Å². The van der Waals surface area contributed by atoms with Crippen molar-refractivity contribution in [1.29, 1.82) is 0 Å². The zero-order valence-corrected chi connectivity index (χ0v) is 18.7. The summed E-state index contributed by atoms with van der Waals surface area (Å²) in [7, 11) is -13.9. The van der Waals surface area contributed by atoms with Crippen molar-refractivity contribution < 1.29 is 72.7 Å². The van der Waals surface area contributed by atoms with Crippen molar-refractivity contribution >= 4 is 40.4 Å². The number of phosphoric acid groups is 3. The largest absolute Gasteiger partial charge is 0.466 e. The van der Waals surface area contributed by atoms with Crippen molar-refractivity contribution in [2.45, 2.75) is 24.9 Å². The van der Waals surface area contributed by atoms with Gasteiger partial charge in [0.15, 0.2) is 11.5 Å². The van der Waals surface area contributed by atoms with Crippen molar-refractivity contribution in [3.63, 3.8) is 0 Å². The smallest absolute Gasteiger partial charge is 0.394 e. The van der Waals surface area contributed by atoms with E-state index in [1.807, 2.05) is 0 Å². The number of nitrogen functional groups attached to an aromatic ring is 1. The highest BCUT2D eigenvalue weighted by Crippen LogP contribution is 2.31. The normalized spacial score (nSPS) is 20.6. The third-order valence-electron chi connectivity index (χ3n) is 3.08. The number of imidazole rings is 1. The quantitative estimate of drug-likeness (QED) is 0.161. The first-order valence-corrected chi connectivity index (χ1v) is 12.6. The van der Waals surface area contributed by atoms with E-state index in [0.717, 1.165) is 0 Å². The maximum absolute atomic E-state index is 9.71. The minimum absolute atomic E-state index is 0.221. The number of hydrogen-bond donors (Lipinski definition) is 12. The van der Waals surface area contributed by atoms with Crippen molar-refractivity contribution in [3.8, 4) is 0 Å². The van der Waals surface area contributed by atoms with E-state index in [1.165, 1.54) is 6.33 Å². The van der Waals surface area contributed by atoms with Crippen LogP contribution < -0.4 is 5.73 Å². The molecular formula is C10H22N5O15P3. The second kappa shape index (κ2) is 12.9. The molecule has 3 rings (SSSR count). The molecule has 0 radical (unpaired) electrons. The van der Waals surface area contributed by atoms with E-state index in [9.17, 15) is 5.11 Å². The van der Waals surface area contributed by atoms with E-state index in [1.54, 1.807) is 10.9 Å². The number of aliphatic hydroxyl groups excluding tert-OH is 2. The molecule has 2 aromatic heterocycles. The predicted octanol–water partition coefficient (Wildman–Crippen LogP) is -3.74. The van der Waals surface area contributed by atoms with Gasteiger partial charge in [-0.05, 0) is 0 Å². The molecule has 13 N–H and O–H groups in total. The maximum atomic E-state index is 9.71. The summed E-state index contributed by atoms with van der Waals surface area (Å²) in [6.45, 7) is -0.221. The summed E-state index contributed by atoms with van der Waals surface area (Å²) in [5.41, 5.74) is 6.75. The monoisotopic (exact) mass is 545 g/mol. The van der Waals surface area contributed by atoms with Crippen LogP contribution in [0.5, 0.6) is 0 Å². The lowest BCUT2D eigenvalue weighted by Gasteiger charge is -2.13. The Kier molecular flexibility index (Phi) is 12.3. The highest BCUT2D eigenvalue weighted by Gasteiger charge is 2.35. The van der Waals surface area contributed by atoms with Crippen LogP contribution in [0.2, 0.25) is 0 Å². The van der Waals surface area contributed by atoms with Crippen LogP contribution in [0, 0.1) is 0 Å². The summed E-state index contributed by atoms with van der Waals surface area (Å²) in [6.07, 6.45) is 1.60. The lowest BCUT2D eigenvalue weighted by atomic mass is 10.2. The number of hydrogen-bond acceptors (Lipinski definition) is 10. The molecule has 1 aliphatic heterocycles. The Morgan fingerprint density at radius 3 is 1.79 bits per heavy atom. The Morgan fingerprint density at radius 2 is 1.39 bits per heavy atom. The van der Waals surface area contributed by atoms with Gasteiger partial charge in [0.25, 0.3) is 0 Å². The molecule has 1 saturated heterocycles. The van der Waals surface area contributed by atoms with Crippen molar-refractivity contribution in [2.24, 2.45) is 0 Å². The molecule has 0 saturated carbocycles. The van der Waals surface area contributed by atoms with Crippen LogP contribution in [-0.4, -0.2) is 92.6 Å². The van der Waals surface area contributed by atoms with E-state index in [-0.39, 0.29) is 6.61 Å². The zero-order valence-electron chi connectivity index (χ0n) is 16.1. The van der Waals surface area contributed by atoms with Gasteiger partial charge in [0.1, 0.15) is 24.2 Å². The van der Waals surface area contributed by atoms with Crippen LogP contribution in [0.15, 0.2) is 12.7 Å². The first-order valence-electron chi connectivity index (χ1n) is 7.93. The topological polar surface area (TPSA) is 353 Å². The summed E-state index contributed by atoms with van der Waals surface area (Å²) in [4.78, 5) is 76.8. The molecule has 1 aliphatic rings. The number of rotatable bonds is 2. The third-order valence-corrected chi connectivity index (χ3v) is 3.08. The van der Waals surface area contributed by atoms with Gasteiger partial charge >= 0.3 is 23.5 Å². The second-order valence-corrected chi connectivity index (χ2v) is 8.82. The first-order chi connectivity index (χ1) is 14.7. The highest BCUT2D eigenvalue weighted by molar-refractivity contribution is 7.45. The number of nitrogens with two attached hydrogens (primary N) is 1. The van der Waals surface area contributed by atoms with Crippen LogP contribution in [0.25, 0.3) is 11.2 Å². The van der Waals surface area contributed by atoms with Crippen molar-refractivity contribution in [1.82, 2.24) is 19.5 Å². The summed E-state index contributed by atoms with van der Waals surface area (Å²) in [5.74, 6) is 0.302. The van der Waals surface area contributed by atoms with Gasteiger partial charge < -0.3 is 64.7 Å². The minimum atomic E-state index is -4.64. The van der Waals surface area contributed by atoms with Gasteiger partial charge in [-0.1, -0.05) is 0 Å². The summed E-state index contributed by atoms with van der Waals surface area (Å²) < 4.78 is 33.9. The molecule has 0 aliphatic carbocycles. The summed E-state index contributed by atoms with van der Waals surface area (Å²) in [5, 5.41) is 18.8. The van der Waals surface area contributed by atoms with E-state index >= 15 is 0 Å². The fraction of sp³-hybridized carbons (Fsp3) is 0.500. The number of aliphatic hydroxyl groups is 2. The summed E-state index contributed by atoms with van der Waals surface area (Å²) in [6, 6.07) is 0. The molecular weight excluding hydrogens is 523 g/mol. The molecule has 0 aromatic carbocycles. The molecule has 23 heteroatoms. The molecule has 20 nitrogen and oxygen atoms in total. The molecule has 0 spiro atoms. The molecule has 33 heavy (non-hydrogen) atoms. The van der Waals surface area contributed by atoms with Gasteiger partial charge in [-0.3, -0.25) is 4.57 Å². The Balaban J connectivity index is 0.000000564. The fourth-order valence-electron chi connectivity index (χ4n) is 2.13. The number of nitrogens with zero attached hydrogens (tertiary/aromatic N) is 4. The molecule has 3 heterocycles. The van der Waals surface area contributed by atoms with Crippen molar-refractivity contribution in [3.05, 3.63) is 12.7 Å². The standard InChI is InChI=1S/C10H13N5O3.3H3O4P/c11-9-8-10(13-3-12-9)15(4-14-8)7-1-5(17)6(2-16)18-7;3*1-5(2,3)4/h3-7,16-17H,1-2H2,(H2,11,12,13);3*(H3,1,2,3,4)/t5-,6+,7+;;;/m0.../s1. The zero-order chi connectivity index (χ0) is 26.2. The van der Waals surface area contributed by atoms with Gasteiger partial charge in [0, 0.05) is 6.42 Å². The number of fused-ring (bicyclic) bond motifs is 1. The highest BCUT2D eigenvalue weighted by atomic mass is 31.2. The van der Waals surface area contributed by atoms with Gasteiger partial charge in [0.2, 0.25) is 0 Å². The molecule has 2 aromatic rings. The first kappa shape index (κ1) is 31.6. The molecule has 1 fully saturated rings. The Morgan fingerprint density at radius 1 is 0.939 bits per heavy atom. The summed E-state index contributed by atoms with van der Waals surface area (Å²) >= 11 is 0. The average molecular weight is 545 g/mol. The number of anilines is 1. The van der Waals surface area contributed by atoms with E-state index in [2.05, 4.69) is 15.0 Å². The van der Waals surface area contributed by atoms with Crippen molar-refractivity contribution in [2.75, 3.05) is 12.3 Å². The van der Waals surface area contributed by atoms with Crippen LogP contribution in [-0.2, 0) is 18.4 Å². The fourth-order valence-corrected chi connectivity index (χ4v) is 2.13. The molecule has 0 bridgehead atoms. The number of ether oxygens (including phenoxy) is 1. The molecule has 3 atom stereocenters. The molecule has 0 amide bonds. The third kappa shape index (κ3) is 15.9. The van der Waals surface area contributed by atoms with Gasteiger partial charge in [-0.15, -0.1) is 0 Å². The van der Waals surface area contributed by atoms with Gasteiger partial charge in [-0.25, -0.2) is 28.6 Å². The minimum Gasteiger partial charge on any atom is -0.394 e. The Hall–Kier alpha value is -1.44. The van der Waals surface area contributed by atoms with Crippen LogP contribution >= 0.6 is 23.5 Å². The van der Waals surface area contributed by atoms with Crippen LogP contribution in [0.1, 0.15) is 12.6 Å².